The van der Waals surface area contributed by atoms with Crippen LogP contribution in [0.25, 0.3) is 15.9 Å². The molecule has 26 heavy (non-hydrogen) atoms. The molecule has 0 radical (unpaired) electrons. The van der Waals surface area contributed by atoms with Crippen molar-refractivity contribution in [3.63, 3.8) is 0 Å². The third-order valence-electron chi connectivity index (χ3n) is 4.89. The minimum atomic E-state index is -0.776. The second-order valence-electron chi connectivity index (χ2n) is 6.68. The number of aryl methyl sites for hydroxylation is 1. The van der Waals surface area contributed by atoms with Crippen LogP contribution in [0.4, 0.5) is 0 Å². The Kier molecular flexibility index (Phi) is 4.24. The number of fused-ring (bicyclic) bond motifs is 1. The molecule has 134 valence electrons. The SMILES string of the molecule is Cc1nn(-c2ccccc2)c2sc(C(=O)N[C@H]3CC[C@H](C(=O)O)C3)cc12. The van der Waals surface area contributed by atoms with Crippen molar-refractivity contribution in [1.82, 2.24) is 15.1 Å². The average molecular weight is 369 g/mol. The molecule has 7 heteroatoms. The van der Waals surface area contributed by atoms with Crippen molar-refractivity contribution in [2.45, 2.75) is 32.2 Å². The zero-order valence-electron chi connectivity index (χ0n) is 14.3. The number of carbonyl (C=O) groups excluding carboxylic acids is 1. The molecule has 0 spiro atoms. The Bertz CT molecular complexity index is 977. The number of nitrogens with one attached hydrogen (secondary N) is 1. The second kappa shape index (κ2) is 6.57. The lowest BCUT2D eigenvalue weighted by Crippen LogP contribution is -2.32. The Morgan fingerprint density at radius 1 is 1.27 bits per heavy atom. The van der Waals surface area contributed by atoms with E-state index in [0.717, 1.165) is 21.6 Å². The van der Waals surface area contributed by atoms with Crippen molar-refractivity contribution in [1.29, 1.82) is 0 Å². The van der Waals surface area contributed by atoms with Gasteiger partial charge in [-0.2, -0.15) is 5.10 Å². The van der Waals surface area contributed by atoms with Gasteiger partial charge in [-0.1, -0.05) is 18.2 Å². The number of nitrogens with zero attached hydrogens (tertiary/aromatic N) is 2. The molecule has 2 atom stereocenters. The highest BCUT2D eigenvalue weighted by molar-refractivity contribution is 7.20. The Labute approximate surface area is 154 Å². The molecular weight excluding hydrogens is 350 g/mol. The van der Waals surface area contributed by atoms with E-state index in [1.54, 1.807) is 0 Å². The van der Waals surface area contributed by atoms with E-state index in [9.17, 15) is 9.59 Å². The molecule has 1 saturated carbocycles. The summed E-state index contributed by atoms with van der Waals surface area (Å²) in [6.07, 6.45) is 1.84. The maximum absolute atomic E-state index is 12.6. The Hall–Kier alpha value is -2.67. The molecule has 1 amide bonds. The summed E-state index contributed by atoms with van der Waals surface area (Å²) in [7, 11) is 0. The summed E-state index contributed by atoms with van der Waals surface area (Å²) in [5.41, 5.74) is 1.84. The quantitative estimate of drug-likeness (QED) is 0.738. The number of carboxylic acid groups (broad SMARTS) is 1. The maximum atomic E-state index is 12.6. The average Bonchev–Trinajstić information content (AvgIpc) is 3.32. The lowest BCUT2D eigenvalue weighted by molar-refractivity contribution is -0.141. The van der Waals surface area contributed by atoms with Gasteiger partial charge in [0.25, 0.3) is 5.91 Å². The third kappa shape index (κ3) is 2.99. The maximum Gasteiger partial charge on any atom is 0.306 e. The van der Waals surface area contributed by atoms with Crippen LogP contribution in [0.5, 0.6) is 0 Å². The highest BCUT2D eigenvalue weighted by Crippen LogP contribution is 2.31. The minimum absolute atomic E-state index is 0.0690. The van der Waals surface area contributed by atoms with Gasteiger partial charge in [-0.3, -0.25) is 9.59 Å². The first kappa shape index (κ1) is 16.8. The van der Waals surface area contributed by atoms with E-state index in [2.05, 4.69) is 10.4 Å². The molecule has 4 rings (SSSR count). The standard InChI is InChI=1S/C19H19N3O3S/c1-11-15-10-16(17(23)20-13-8-7-12(9-13)19(24)25)26-18(15)22(21-11)14-5-3-2-4-6-14/h2-6,10,12-13H,7-9H2,1H3,(H,20,23)(H,24,25)/t12-,13-/m0/s1. The van der Waals surface area contributed by atoms with Crippen molar-refractivity contribution >= 4 is 33.4 Å². The van der Waals surface area contributed by atoms with Crippen molar-refractivity contribution in [2.24, 2.45) is 5.92 Å². The predicted molar refractivity (Wildman–Crippen MR) is 99.9 cm³/mol. The van der Waals surface area contributed by atoms with Crippen LogP contribution in [0.2, 0.25) is 0 Å². The number of carboxylic acids is 1. The topological polar surface area (TPSA) is 84.2 Å². The molecule has 2 N–H and O–H groups in total. The van der Waals surface area contributed by atoms with Gasteiger partial charge in [-0.15, -0.1) is 11.3 Å². The normalized spacial score (nSPS) is 19.7. The highest BCUT2D eigenvalue weighted by atomic mass is 32.1. The molecule has 0 saturated heterocycles. The van der Waals surface area contributed by atoms with Crippen molar-refractivity contribution in [3.8, 4) is 5.69 Å². The summed E-state index contributed by atoms with van der Waals surface area (Å²) in [5, 5.41) is 17.6. The highest BCUT2D eigenvalue weighted by Gasteiger charge is 2.31. The first-order chi connectivity index (χ1) is 12.5. The van der Waals surface area contributed by atoms with E-state index in [0.29, 0.717) is 24.1 Å². The largest absolute Gasteiger partial charge is 0.481 e. The molecule has 0 aliphatic heterocycles. The molecule has 3 aromatic rings. The monoisotopic (exact) mass is 369 g/mol. The third-order valence-corrected chi connectivity index (χ3v) is 6.00. The van der Waals surface area contributed by atoms with Crippen molar-refractivity contribution in [2.75, 3.05) is 0 Å². The number of aliphatic carboxylic acids is 1. The molecule has 2 aromatic heterocycles. The molecule has 1 fully saturated rings. The number of rotatable bonds is 4. The van der Waals surface area contributed by atoms with Gasteiger partial charge in [0, 0.05) is 11.4 Å². The van der Waals surface area contributed by atoms with Gasteiger partial charge >= 0.3 is 5.97 Å². The van der Waals surface area contributed by atoms with Crippen molar-refractivity contribution in [3.05, 3.63) is 47.0 Å². The van der Waals surface area contributed by atoms with Crippen LogP contribution in [0.1, 0.15) is 34.6 Å². The summed E-state index contributed by atoms with van der Waals surface area (Å²) in [5.74, 6) is -1.26. The number of thiophene rings is 1. The van der Waals surface area contributed by atoms with Gasteiger partial charge in [0.1, 0.15) is 4.83 Å². The van der Waals surface area contributed by atoms with Gasteiger partial charge in [0.2, 0.25) is 0 Å². The van der Waals surface area contributed by atoms with E-state index >= 15 is 0 Å². The van der Waals surface area contributed by atoms with Crippen LogP contribution in [0.3, 0.4) is 0 Å². The summed E-state index contributed by atoms with van der Waals surface area (Å²) >= 11 is 1.41. The number of hydrogen-bond donors (Lipinski definition) is 2. The van der Waals surface area contributed by atoms with E-state index in [-0.39, 0.29) is 17.9 Å². The number of carbonyl (C=O) groups is 2. The van der Waals surface area contributed by atoms with Gasteiger partial charge in [-0.25, -0.2) is 4.68 Å². The van der Waals surface area contributed by atoms with Crippen LogP contribution in [0.15, 0.2) is 36.4 Å². The van der Waals surface area contributed by atoms with Gasteiger partial charge in [0.15, 0.2) is 0 Å². The van der Waals surface area contributed by atoms with E-state index in [1.165, 1.54) is 11.3 Å². The molecule has 0 bridgehead atoms. The van der Waals surface area contributed by atoms with Gasteiger partial charge < -0.3 is 10.4 Å². The first-order valence-corrected chi connectivity index (χ1v) is 9.43. The molecule has 1 aliphatic rings. The fraction of sp³-hybridized carbons (Fsp3) is 0.316. The van der Waals surface area contributed by atoms with Crippen LogP contribution in [0, 0.1) is 12.8 Å². The molecule has 1 aliphatic carbocycles. The summed E-state index contributed by atoms with van der Waals surface area (Å²) in [6, 6.07) is 11.6. The zero-order chi connectivity index (χ0) is 18.3. The molecule has 0 unspecified atom stereocenters. The predicted octanol–water partition coefficient (Wildman–Crippen LogP) is 3.38. The number of aromatic nitrogens is 2. The number of amides is 1. The minimum Gasteiger partial charge on any atom is -0.481 e. The number of hydrogen-bond acceptors (Lipinski definition) is 4. The fourth-order valence-electron chi connectivity index (χ4n) is 3.50. The smallest absolute Gasteiger partial charge is 0.306 e. The van der Waals surface area contributed by atoms with Crippen molar-refractivity contribution < 1.29 is 14.7 Å². The summed E-state index contributed by atoms with van der Waals surface area (Å²) in [4.78, 5) is 25.3. The first-order valence-electron chi connectivity index (χ1n) is 8.61. The van der Waals surface area contributed by atoms with E-state index < -0.39 is 5.97 Å². The molecule has 6 nitrogen and oxygen atoms in total. The Morgan fingerprint density at radius 3 is 2.73 bits per heavy atom. The van der Waals surface area contributed by atoms with Crippen LogP contribution >= 0.6 is 11.3 Å². The van der Waals surface area contributed by atoms with E-state index in [4.69, 9.17) is 5.11 Å². The number of benzene rings is 1. The van der Waals surface area contributed by atoms with Crippen LogP contribution in [-0.2, 0) is 4.79 Å². The van der Waals surface area contributed by atoms with Gasteiger partial charge in [0.05, 0.1) is 22.2 Å². The molecular formula is C19H19N3O3S. The second-order valence-corrected chi connectivity index (χ2v) is 7.71. The lowest BCUT2D eigenvalue weighted by Gasteiger charge is -2.11. The summed E-state index contributed by atoms with van der Waals surface area (Å²) in [6.45, 7) is 1.94. The van der Waals surface area contributed by atoms with Crippen LogP contribution in [-0.4, -0.2) is 32.8 Å². The van der Waals surface area contributed by atoms with E-state index in [1.807, 2.05) is 48.0 Å². The zero-order valence-corrected chi connectivity index (χ0v) is 15.1. The Morgan fingerprint density at radius 2 is 2.04 bits per heavy atom. The van der Waals surface area contributed by atoms with Gasteiger partial charge in [-0.05, 0) is 44.4 Å². The Balaban J connectivity index is 1.58. The summed E-state index contributed by atoms with van der Waals surface area (Å²) < 4.78 is 1.86. The fourth-order valence-corrected chi connectivity index (χ4v) is 4.58. The number of para-hydroxylation sites is 1. The lowest BCUT2D eigenvalue weighted by atomic mass is 10.1. The molecule has 2 heterocycles. The molecule has 1 aromatic carbocycles. The van der Waals surface area contributed by atoms with Crippen LogP contribution < -0.4 is 5.32 Å².